The van der Waals surface area contributed by atoms with Crippen LogP contribution in [0, 0.1) is 0 Å². The van der Waals surface area contributed by atoms with Gasteiger partial charge >= 0.3 is 0 Å². The zero-order valence-corrected chi connectivity index (χ0v) is 21.1. The first-order valence-electron chi connectivity index (χ1n) is 10.2. The molecule has 2 aromatic heterocycles. The SMILES string of the molecule is CCn1c(CNC(=O)c2nc(Cl)c(N)nc2N)[n+](CC)c2c(C(=O)NCCN)cccc21.Cl.[Cl-]. The number of rotatable bonds is 8. The van der Waals surface area contributed by atoms with E-state index in [2.05, 4.69) is 20.6 Å². The van der Waals surface area contributed by atoms with Crippen LogP contribution in [0.25, 0.3) is 11.0 Å². The quantitative estimate of drug-likeness (QED) is 0.202. The van der Waals surface area contributed by atoms with Crippen molar-refractivity contribution >= 4 is 58.5 Å². The van der Waals surface area contributed by atoms with Gasteiger partial charge in [0, 0.05) is 13.1 Å². The van der Waals surface area contributed by atoms with E-state index in [0.717, 1.165) is 16.9 Å². The van der Waals surface area contributed by atoms with Gasteiger partial charge in [-0.05, 0) is 26.0 Å². The first-order chi connectivity index (χ1) is 15.3. The lowest BCUT2D eigenvalue weighted by atomic mass is 10.1. The highest BCUT2D eigenvalue weighted by molar-refractivity contribution is 6.31. The van der Waals surface area contributed by atoms with Crippen LogP contribution in [0.2, 0.25) is 5.15 Å². The van der Waals surface area contributed by atoms with Crippen molar-refractivity contribution in [2.24, 2.45) is 5.73 Å². The van der Waals surface area contributed by atoms with Gasteiger partial charge in [-0.15, -0.1) is 12.4 Å². The molecule has 0 aliphatic rings. The average Bonchev–Trinajstić information content (AvgIpc) is 3.10. The third kappa shape index (κ3) is 5.61. The molecule has 0 spiro atoms. The molecule has 1 aromatic carbocycles. The van der Waals surface area contributed by atoms with Crippen molar-refractivity contribution in [1.82, 2.24) is 25.2 Å². The van der Waals surface area contributed by atoms with Gasteiger partial charge in [0.15, 0.2) is 33.5 Å². The number of carbonyl (C=O) groups is 2. The van der Waals surface area contributed by atoms with E-state index in [1.165, 1.54) is 0 Å². The lowest BCUT2D eigenvalue weighted by Gasteiger charge is -2.08. The molecule has 8 N–H and O–H groups in total. The normalized spacial score (nSPS) is 10.4. The molecule has 0 aliphatic carbocycles. The Morgan fingerprint density at radius 1 is 1.12 bits per heavy atom. The number of benzene rings is 1. The highest BCUT2D eigenvalue weighted by atomic mass is 35.5. The van der Waals surface area contributed by atoms with Crippen molar-refractivity contribution in [2.45, 2.75) is 33.5 Å². The summed E-state index contributed by atoms with van der Waals surface area (Å²) in [5.41, 5.74) is 19.0. The van der Waals surface area contributed by atoms with Crippen LogP contribution in [-0.4, -0.2) is 39.4 Å². The number of nitrogen functional groups attached to an aromatic ring is 2. The van der Waals surface area contributed by atoms with Gasteiger partial charge in [0.25, 0.3) is 17.6 Å². The van der Waals surface area contributed by atoms with Gasteiger partial charge in [0.1, 0.15) is 6.54 Å². The van der Waals surface area contributed by atoms with E-state index >= 15 is 0 Å². The molecule has 0 unspecified atom stereocenters. The van der Waals surface area contributed by atoms with Crippen molar-refractivity contribution in [2.75, 3.05) is 24.6 Å². The maximum absolute atomic E-state index is 12.7. The zero-order chi connectivity index (χ0) is 23.4. The van der Waals surface area contributed by atoms with Gasteiger partial charge < -0.3 is 40.2 Å². The van der Waals surface area contributed by atoms with Gasteiger partial charge in [-0.1, -0.05) is 17.7 Å². The second-order valence-electron chi connectivity index (χ2n) is 6.94. The highest BCUT2D eigenvalue weighted by Gasteiger charge is 2.28. The van der Waals surface area contributed by atoms with Crippen molar-refractivity contribution in [3.8, 4) is 0 Å². The molecular formula is C20H28Cl3N9O2. The van der Waals surface area contributed by atoms with Crippen LogP contribution in [0.5, 0.6) is 0 Å². The maximum atomic E-state index is 12.7. The molecular weight excluding hydrogens is 505 g/mol. The Balaban J connectivity index is 0.00000289. The van der Waals surface area contributed by atoms with Crippen LogP contribution in [0.1, 0.15) is 40.5 Å². The summed E-state index contributed by atoms with van der Waals surface area (Å²) in [5, 5.41) is 5.54. The molecule has 0 bridgehead atoms. The first kappa shape index (κ1) is 29.2. The number of nitrogens with one attached hydrogen (secondary N) is 2. The summed E-state index contributed by atoms with van der Waals surface area (Å²) in [6.07, 6.45) is 0. The summed E-state index contributed by atoms with van der Waals surface area (Å²) in [6.45, 7) is 6.10. The van der Waals surface area contributed by atoms with Crippen molar-refractivity contribution in [1.29, 1.82) is 0 Å². The van der Waals surface area contributed by atoms with Gasteiger partial charge in [-0.25, -0.2) is 19.1 Å². The predicted molar refractivity (Wildman–Crippen MR) is 129 cm³/mol. The average molecular weight is 533 g/mol. The minimum atomic E-state index is -0.534. The number of nitrogens with zero attached hydrogens (tertiary/aromatic N) is 4. The van der Waals surface area contributed by atoms with Gasteiger partial charge in [-0.2, -0.15) is 0 Å². The van der Waals surface area contributed by atoms with Crippen molar-refractivity contribution < 1.29 is 26.6 Å². The monoisotopic (exact) mass is 531 g/mol. The number of aromatic nitrogens is 4. The maximum Gasteiger partial charge on any atom is 0.277 e. The number of hydrogen-bond acceptors (Lipinski definition) is 7. The van der Waals surface area contributed by atoms with E-state index in [0.29, 0.717) is 31.7 Å². The number of imidazole rings is 1. The second kappa shape index (κ2) is 12.6. The van der Waals surface area contributed by atoms with Crippen LogP contribution >= 0.6 is 24.0 Å². The summed E-state index contributed by atoms with van der Waals surface area (Å²) >= 11 is 5.89. The lowest BCUT2D eigenvalue weighted by molar-refractivity contribution is -0.676. The standard InChI is InChI=1S/C20H26ClN9O2.2ClH/c1-3-29-12-7-5-6-11(19(31)25-9-8-22)15(12)30(4-2)13(29)10-26-20(32)14-17(23)28-18(24)16(21)27-14;;/h5-7H,3-4,8-10,22H2,1-2H3,(H5-,23,24,25,26,28,31,32);2*1H. The molecule has 186 valence electrons. The molecule has 3 aromatic rings. The molecule has 3 rings (SSSR count). The molecule has 11 nitrogen and oxygen atoms in total. The Hall–Kier alpha value is -2.86. The molecule has 0 saturated heterocycles. The number of carbonyl (C=O) groups excluding carboxylic acids is 2. The van der Waals surface area contributed by atoms with E-state index in [1.807, 2.05) is 35.1 Å². The number of anilines is 2. The number of nitrogens with two attached hydrogens (primary N) is 3. The van der Waals surface area contributed by atoms with Crippen LogP contribution in [0.3, 0.4) is 0 Å². The minimum Gasteiger partial charge on any atom is -1.00 e. The fourth-order valence-corrected chi connectivity index (χ4v) is 3.77. The summed E-state index contributed by atoms with van der Waals surface area (Å²) in [7, 11) is 0. The fraction of sp³-hybridized carbons (Fsp3) is 0.350. The van der Waals surface area contributed by atoms with Crippen molar-refractivity contribution in [3.63, 3.8) is 0 Å². The smallest absolute Gasteiger partial charge is 0.277 e. The number of hydrogen-bond donors (Lipinski definition) is 5. The number of halogens is 3. The van der Waals surface area contributed by atoms with E-state index in [4.69, 9.17) is 28.8 Å². The number of aryl methyl sites for hydroxylation is 2. The Kier molecular flexibility index (Phi) is 10.8. The van der Waals surface area contributed by atoms with Crippen molar-refractivity contribution in [3.05, 3.63) is 40.4 Å². The van der Waals surface area contributed by atoms with Gasteiger partial charge in [0.05, 0.1) is 18.7 Å². The molecule has 0 radical (unpaired) electrons. The summed E-state index contributed by atoms with van der Waals surface area (Å²) in [5.74, 6) is -0.0794. The third-order valence-corrected chi connectivity index (χ3v) is 5.31. The summed E-state index contributed by atoms with van der Waals surface area (Å²) in [4.78, 5) is 33.2. The largest absolute Gasteiger partial charge is 1.00 e. The van der Waals surface area contributed by atoms with E-state index in [9.17, 15) is 9.59 Å². The van der Waals surface area contributed by atoms with Crippen LogP contribution in [0.15, 0.2) is 18.2 Å². The van der Waals surface area contributed by atoms with E-state index < -0.39 is 5.91 Å². The number of amides is 2. The van der Waals surface area contributed by atoms with E-state index in [1.54, 1.807) is 6.07 Å². The lowest BCUT2D eigenvalue weighted by Crippen LogP contribution is -3.00. The van der Waals surface area contributed by atoms with E-state index in [-0.39, 0.29) is 59.7 Å². The fourth-order valence-electron chi connectivity index (χ4n) is 3.65. The first-order valence-corrected chi connectivity index (χ1v) is 10.6. The third-order valence-electron chi connectivity index (χ3n) is 5.03. The molecule has 2 amide bonds. The Morgan fingerprint density at radius 3 is 2.44 bits per heavy atom. The van der Waals surface area contributed by atoms with Gasteiger partial charge in [-0.3, -0.25) is 9.59 Å². The van der Waals surface area contributed by atoms with Crippen LogP contribution in [-0.2, 0) is 19.6 Å². The molecule has 0 saturated carbocycles. The molecule has 0 atom stereocenters. The zero-order valence-electron chi connectivity index (χ0n) is 18.8. The molecule has 0 aliphatic heterocycles. The number of para-hydroxylation sites is 1. The van der Waals surface area contributed by atoms with Crippen LogP contribution in [0.4, 0.5) is 11.6 Å². The number of fused-ring (bicyclic) bond motifs is 1. The summed E-state index contributed by atoms with van der Waals surface area (Å²) in [6, 6.07) is 5.55. The Bertz CT molecular complexity index is 1180. The molecule has 0 fully saturated rings. The second-order valence-corrected chi connectivity index (χ2v) is 7.30. The highest BCUT2D eigenvalue weighted by Crippen LogP contribution is 2.20. The molecule has 14 heteroatoms. The summed E-state index contributed by atoms with van der Waals surface area (Å²) < 4.78 is 4.05. The minimum absolute atomic E-state index is 0. The van der Waals surface area contributed by atoms with Gasteiger partial charge in [0.2, 0.25) is 0 Å². The molecule has 34 heavy (non-hydrogen) atoms. The van der Waals surface area contributed by atoms with Crippen LogP contribution < -0.4 is 44.8 Å². The Morgan fingerprint density at radius 2 is 1.82 bits per heavy atom. The Labute approximate surface area is 214 Å². The predicted octanol–water partition coefficient (Wildman–Crippen LogP) is -2.38. The molecule has 2 heterocycles. The topological polar surface area (TPSA) is 171 Å².